The number of halogens is 1. The minimum Gasteiger partial charge on any atom is -0.313 e. The maximum Gasteiger partial charge on any atom is 0.190 e. The lowest BCUT2D eigenvalue weighted by molar-refractivity contribution is 0.628. The normalized spacial score (nSPS) is 11.7. The van der Waals surface area contributed by atoms with Crippen molar-refractivity contribution < 1.29 is 4.39 Å². The molecular weight excluding hydrogens is 319 g/mol. The van der Waals surface area contributed by atoms with Crippen LogP contribution in [0.5, 0.6) is 0 Å². The highest BCUT2D eigenvalue weighted by molar-refractivity contribution is 7.07. The molecule has 0 aliphatic heterocycles. The van der Waals surface area contributed by atoms with Crippen LogP contribution in [0.4, 0.5) is 10.1 Å². The number of aromatic nitrogens is 1. The van der Waals surface area contributed by atoms with Crippen molar-refractivity contribution in [3.63, 3.8) is 0 Å². The molecule has 0 amide bonds. The summed E-state index contributed by atoms with van der Waals surface area (Å²) in [6.07, 6.45) is 1.85. The summed E-state index contributed by atoms with van der Waals surface area (Å²) in [5.41, 5.74) is 5.40. The fourth-order valence-corrected chi connectivity index (χ4v) is 3.42. The first kappa shape index (κ1) is 16.4. The smallest absolute Gasteiger partial charge is 0.190 e. The molecule has 1 aromatic heterocycles. The highest BCUT2D eigenvalue weighted by Gasteiger charge is 2.07. The van der Waals surface area contributed by atoms with Crippen LogP contribution >= 0.6 is 11.3 Å². The van der Waals surface area contributed by atoms with Crippen LogP contribution in [0, 0.1) is 19.7 Å². The zero-order chi connectivity index (χ0) is 17.1. The van der Waals surface area contributed by atoms with E-state index in [-0.39, 0.29) is 5.82 Å². The summed E-state index contributed by atoms with van der Waals surface area (Å²) in [4.78, 5) is 5.69. The predicted molar refractivity (Wildman–Crippen MR) is 99.0 cm³/mol. The highest BCUT2D eigenvalue weighted by Crippen LogP contribution is 2.22. The van der Waals surface area contributed by atoms with Crippen molar-refractivity contribution in [2.75, 3.05) is 0 Å². The van der Waals surface area contributed by atoms with E-state index in [2.05, 4.69) is 42.5 Å². The Bertz CT molecular complexity index is 933. The second-order valence-corrected chi connectivity index (χ2v) is 6.53. The zero-order valence-electron chi connectivity index (χ0n) is 13.8. The number of allylic oxidation sites excluding steroid dienone is 1. The molecule has 2 aromatic carbocycles. The lowest BCUT2D eigenvalue weighted by Gasteiger charge is -2.07. The van der Waals surface area contributed by atoms with Crippen LogP contribution in [0.2, 0.25) is 0 Å². The molecule has 0 aliphatic carbocycles. The van der Waals surface area contributed by atoms with Gasteiger partial charge >= 0.3 is 0 Å². The fraction of sp³-hybridized carbons (Fsp3) is 0.150. The van der Waals surface area contributed by atoms with Gasteiger partial charge in [0.05, 0.1) is 11.4 Å². The van der Waals surface area contributed by atoms with Crippen molar-refractivity contribution in [2.24, 2.45) is 4.99 Å². The monoisotopic (exact) mass is 338 g/mol. The fourth-order valence-electron chi connectivity index (χ4n) is 2.48. The van der Waals surface area contributed by atoms with Crippen LogP contribution in [-0.4, -0.2) is 4.57 Å². The number of rotatable bonds is 4. The minimum atomic E-state index is -0.232. The average molecular weight is 338 g/mol. The summed E-state index contributed by atoms with van der Waals surface area (Å²) in [5.74, 6) is -0.232. The number of thiazole rings is 1. The number of aryl methyl sites for hydroxylation is 2. The third kappa shape index (κ3) is 3.39. The van der Waals surface area contributed by atoms with Crippen molar-refractivity contribution in [3.8, 4) is 11.3 Å². The molecule has 0 aliphatic rings. The molecule has 0 spiro atoms. The lowest BCUT2D eigenvalue weighted by Crippen LogP contribution is -2.14. The molecule has 0 atom stereocenters. The van der Waals surface area contributed by atoms with Crippen LogP contribution in [0.15, 0.2) is 65.5 Å². The van der Waals surface area contributed by atoms with E-state index in [9.17, 15) is 4.39 Å². The summed E-state index contributed by atoms with van der Waals surface area (Å²) >= 11 is 1.57. The Balaban J connectivity index is 2.11. The van der Waals surface area contributed by atoms with E-state index >= 15 is 0 Å². The summed E-state index contributed by atoms with van der Waals surface area (Å²) in [6, 6.07) is 12.7. The van der Waals surface area contributed by atoms with Crippen molar-refractivity contribution in [3.05, 3.63) is 82.2 Å². The third-order valence-corrected chi connectivity index (χ3v) is 4.83. The predicted octanol–water partition coefficient (Wildman–Crippen LogP) is 5.39. The van der Waals surface area contributed by atoms with Crippen LogP contribution < -0.4 is 4.80 Å². The van der Waals surface area contributed by atoms with Gasteiger partial charge in [0.2, 0.25) is 0 Å². The number of hydrogen-bond acceptors (Lipinski definition) is 2. The van der Waals surface area contributed by atoms with Gasteiger partial charge in [-0.3, -0.25) is 0 Å². The Labute approximate surface area is 145 Å². The van der Waals surface area contributed by atoms with Crippen molar-refractivity contribution >= 4 is 17.0 Å². The van der Waals surface area contributed by atoms with Crippen molar-refractivity contribution in [1.29, 1.82) is 0 Å². The van der Waals surface area contributed by atoms with Gasteiger partial charge in [0, 0.05) is 11.9 Å². The lowest BCUT2D eigenvalue weighted by atomic mass is 10.1. The van der Waals surface area contributed by atoms with Gasteiger partial charge in [-0.05, 0) is 66.9 Å². The van der Waals surface area contributed by atoms with E-state index in [1.54, 1.807) is 23.5 Å². The van der Waals surface area contributed by atoms with E-state index in [4.69, 9.17) is 4.99 Å². The quantitative estimate of drug-likeness (QED) is 0.567. The van der Waals surface area contributed by atoms with Gasteiger partial charge in [-0.15, -0.1) is 17.9 Å². The summed E-state index contributed by atoms with van der Waals surface area (Å²) in [5, 5.41) is 2.05. The molecule has 0 unspecified atom stereocenters. The molecule has 122 valence electrons. The van der Waals surface area contributed by atoms with E-state index in [1.807, 2.05) is 12.1 Å². The maximum absolute atomic E-state index is 13.2. The Hall–Kier alpha value is -2.46. The van der Waals surface area contributed by atoms with Crippen molar-refractivity contribution in [2.45, 2.75) is 20.4 Å². The molecule has 4 heteroatoms. The van der Waals surface area contributed by atoms with Gasteiger partial charge in [-0.1, -0.05) is 12.1 Å². The van der Waals surface area contributed by atoms with Crippen LogP contribution in [0.3, 0.4) is 0 Å². The number of benzene rings is 2. The zero-order valence-corrected chi connectivity index (χ0v) is 14.6. The van der Waals surface area contributed by atoms with Gasteiger partial charge in [0.15, 0.2) is 4.80 Å². The van der Waals surface area contributed by atoms with Gasteiger partial charge < -0.3 is 4.57 Å². The number of nitrogens with zero attached hydrogens (tertiary/aromatic N) is 2. The first-order chi connectivity index (χ1) is 11.6. The topological polar surface area (TPSA) is 17.3 Å². The molecule has 1 heterocycles. The van der Waals surface area contributed by atoms with Crippen LogP contribution in [0.1, 0.15) is 11.1 Å². The Morgan fingerprint density at radius 2 is 1.88 bits per heavy atom. The first-order valence-electron chi connectivity index (χ1n) is 7.75. The minimum absolute atomic E-state index is 0.232. The van der Waals surface area contributed by atoms with Gasteiger partial charge in [0.1, 0.15) is 5.82 Å². The molecular formula is C20H19FN2S. The largest absolute Gasteiger partial charge is 0.313 e. The standard InChI is InChI=1S/C20H19FN2S/c1-4-11-23-19(16-6-8-17(21)9-7-16)13-24-20(23)22-18-10-5-14(2)15(3)12-18/h4-10,12-13H,1,11H2,2-3H3. The SMILES string of the molecule is C=CCn1c(-c2ccc(F)cc2)csc1=Nc1ccc(C)c(C)c1. The second-order valence-electron chi connectivity index (χ2n) is 5.69. The third-order valence-electron chi connectivity index (χ3n) is 3.96. The Morgan fingerprint density at radius 1 is 1.12 bits per heavy atom. The molecule has 0 saturated heterocycles. The van der Waals surface area contributed by atoms with Gasteiger partial charge in [-0.2, -0.15) is 0 Å². The molecule has 24 heavy (non-hydrogen) atoms. The first-order valence-corrected chi connectivity index (χ1v) is 8.63. The molecule has 0 saturated carbocycles. The number of hydrogen-bond donors (Lipinski definition) is 0. The van der Waals surface area contributed by atoms with Crippen LogP contribution in [0.25, 0.3) is 11.3 Å². The van der Waals surface area contributed by atoms with Crippen LogP contribution in [-0.2, 0) is 6.54 Å². The molecule has 0 N–H and O–H groups in total. The molecule has 0 bridgehead atoms. The highest BCUT2D eigenvalue weighted by atomic mass is 32.1. The summed E-state index contributed by atoms with van der Waals surface area (Å²) in [7, 11) is 0. The average Bonchev–Trinajstić information content (AvgIpc) is 2.95. The van der Waals surface area contributed by atoms with Gasteiger partial charge in [-0.25, -0.2) is 9.38 Å². The summed E-state index contributed by atoms with van der Waals surface area (Å²) in [6.45, 7) is 8.67. The van der Waals surface area contributed by atoms with E-state index < -0.39 is 0 Å². The van der Waals surface area contributed by atoms with Crippen molar-refractivity contribution in [1.82, 2.24) is 4.57 Å². The van der Waals surface area contributed by atoms with E-state index in [0.29, 0.717) is 6.54 Å². The van der Waals surface area contributed by atoms with Gasteiger partial charge in [0.25, 0.3) is 0 Å². The molecule has 0 fully saturated rings. The second kappa shape index (κ2) is 6.97. The maximum atomic E-state index is 13.2. The molecule has 3 aromatic rings. The van der Waals surface area contributed by atoms with E-state index in [1.165, 1.54) is 23.3 Å². The molecule has 3 rings (SSSR count). The molecule has 2 nitrogen and oxygen atoms in total. The van der Waals surface area contributed by atoms with E-state index in [0.717, 1.165) is 21.7 Å². The Morgan fingerprint density at radius 3 is 2.54 bits per heavy atom. The Kier molecular flexibility index (Phi) is 4.76. The summed E-state index contributed by atoms with van der Waals surface area (Å²) < 4.78 is 15.3. The molecule has 0 radical (unpaired) electrons.